The van der Waals surface area contributed by atoms with Crippen LogP contribution in [0.15, 0.2) is 164 Å². The van der Waals surface area contributed by atoms with E-state index in [4.69, 9.17) is 0 Å². The smallest absolute Gasteiger partial charge is 0.308 e. The first kappa shape index (κ1) is 36.5. The van der Waals surface area contributed by atoms with Crippen LogP contribution >= 0.6 is 0 Å². The number of aromatic nitrogens is 2. The zero-order valence-electron chi connectivity index (χ0n) is 32.5. The summed E-state index contributed by atoms with van der Waals surface area (Å²) in [6, 6.07) is 56.9. The lowest BCUT2D eigenvalue weighted by atomic mass is 9.95. The van der Waals surface area contributed by atoms with Gasteiger partial charge in [-0.25, -0.2) is 0 Å². The van der Waals surface area contributed by atoms with E-state index in [0.29, 0.717) is 28.1 Å². The summed E-state index contributed by atoms with van der Waals surface area (Å²) < 4.78 is 46.2. The SMILES string of the molecule is Cc1ccc(-c2ccc3c4ccccc4n(-c4cc(-c5ccc(C(F)(F)F)cc5C#N)cc(-n5c6ccccc6c6ccc(-c7ccc(C)cc7)cc65)c4C#N)c3c2)cc1. The number of hydrogen-bond donors (Lipinski definition) is 0. The van der Waals surface area contributed by atoms with E-state index in [1.807, 2.05) is 68.4 Å². The topological polar surface area (TPSA) is 57.4 Å². The maximum absolute atomic E-state index is 14.0. The fraction of sp³-hybridized carbons (Fsp3) is 0.0566. The van der Waals surface area contributed by atoms with Crippen LogP contribution in [-0.2, 0) is 6.18 Å². The molecule has 286 valence electrons. The van der Waals surface area contributed by atoms with Crippen molar-refractivity contribution in [1.82, 2.24) is 9.13 Å². The Labute approximate surface area is 343 Å². The van der Waals surface area contributed by atoms with Gasteiger partial charge >= 0.3 is 6.18 Å². The number of fused-ring (bicyclic) bond motifs is 6. The van der Waals surface area contributed by atoms with Gasteiger partial charge in [0.25, 0.3) is 0 Å². The molecule has 0 atom stereocenters. The Hall–Kier alpha value is -7.87. The number of halogens is 3. The number of alkyl halides is 3. The average Bonchev–Trinajstić information content (AvgIpc) is 3.78. The Kier molecular flexibility index (Phi) is 8.45. The fourth-order valence-electron chi connectivity index (χ4n) is 8.61. The highest BCUT2D eigenvalue weighted by atomic mass is 19.4. The van der Waals surface area contributed by atoms with Gasteiger partial charge in [-0.2, -0.15) is 23.7 Å². The van der Waals surface area contributed by atoms with Crippen molar-refractivity contribution < 1.29 is 13.2 Å². The molecule has 0 amide bonds. The highest BCUT2D eigenvalue weighted by Gasteiger charge is 2.31. The molecule has 0 aliphatic carbocycles. The summed E-state index contributed by atoms with van der Waals surface area (Å²) >= 11 is 0. The van der Waals surface area contributed by atoms with Crippen LogP contribution in [0.1, 0.15) is 27.8 Å². The van der Waals surface area contributed by atoms with Crippen molar-refractivity contribution in [2.45, 2.75) is 20.0 Å². The molecule has 0 aliphatic heterocycles. The normalized spacial score (nSPS) is 11.7. The molecule has 10 aromatic rings. The van der Waals surface area contributed by atoms with Gasteiger partial charge in [0.15, 0.2) is 0 Å². The number of nitriles is 2. The van der Waals surface area contributed by atoms with Crippen LogP contribution in [0, 0.1) is 36.5 Å². The van der Waals surface area contributed by atoms with Gasteiger partial charge in [-0.15, -0.1) is 0 Å². The molecule has 0 aliphatic rings. The number of nitrogens with zero attached hydrogens (tertiary/aromatic N) is 4. The van der Waals surface area contributed by atoms with Crippen LogP contribution in [0.2, 0.25) is 0 Å². The van der Waals surface area contributed by atoms with E-state index in [0.717, 1.165) is 89.1 Å². The van der Waals surface area contributed by atoms with Crippen molar-refractivity contribution in [2.24, 2.45) is 0 Å². The van der Waals surface area contributed by atoms with Gasteiger partial charge in [-0.05, 0) is 95.8 Å². The monoisotopic (exact) mass is 782 g/mol. The van der Waals surface area contributed by atoms with Crippen molar-refractivity contribution in [1.29, 1.82) is 10.5 Å². The van der Waals surface area contributed by atoms with Crippen molar-refractivity contribution in [2.75, 3.05) is 0 Å². The van der Waals surface area contributed by atoms with E-state index in [-0.39, 0.29) is 5.56 Å². The highest BCUT2D eigenvalue weighted by molar-refractivity contribution is 6.12. The second-order valence-corrected chi connectivity index (χ2v) is 15.3. The molecule has 2 heterocycles. The van der Waals surface area contributed by atoms with Gasteiger partial charge in [-0.3, -0.25) is 0 Å². The van der Waals surface area contributed by atoms with Crippen molar-refractivity contribution in [3.05, 3.63) is 192 Å². The van der Waals surface area contributed by atoms with Crippen LogP contribution in [0.25, 0.3) is 88.4 Å². The molecule has 0 saturated heterocycles. The summed E-state index contributed by atoms with van der Waals surface area (Å²) in [6.45, 7) is 4.10. The first-order valence-electron chi connectivity index (χ1n) is 19.5. The minimum Gasteiger partial charge on any atom is -0.308 e. The van der Waals surface area contributed by atoms with Crippen LogP contribution in [0.5, 0.6) is 0 Å². The third-order valence-electron chi connectivity index (χ3n) is 11.6. The predicted octanol–water partition coefficient (Wildman–Crippen LogP) is 14.3. The van der Waals surface area contributed by atoms with E-state index < -0.39 is 11.7 Å². The van der Waals surface area contributed by atoms with Crippen molar-refractivity contribution >= 4 is 43.6 Å². The number of rotatable bonds is 5. The molecule has 0 radical (unpaired) electrons. The first-order chi connectivity index (χ1) is 29.1. The molecule has 4 nitrogen and oxygen atoms in total. The Morgan fingerprint density at radius 1 is 0.433 bits per heavy atom. The van der Waals surface area contributed by atoms with Gasteiger partial charge in [0, 0.05) is 21.5 Å². The third kappa shape index (κ3) is 5.91. The minimum absolute atomic E-state index is 0.126. The minimum atomic E-state index is -4.64. The molecule has 7 heteroatoms. The van der Waals surface area contributed by atoms with E-state index in [1.165, 1.54) is 6.07 Å². The second kappa shape index (κ2) is 13.9. The quantitative estimate of drug-likeness (QED) is 0.175. The molecule has 0 spiro atoms. The number of para-hydroxylation sites is 2. The van der Waals surface area contributed by atoms with Crippen LogP contribution in [0.3, 0.4) is 0 Å². The Bertz CT molecular complexity index is 3260. The molecule has 8 aromatic carbocycles. The van der Waals surface area contributed by atoms with Gasteiger partial charge in [0.2, 0.25) is 0 Å². The molecular formula is C53H33F3N4. The van der Waals surface area contributed by atoms with Crippen LogP contribution < -0.4 is 0 Å². The lowest BCUT2D eigenvalue weighted by Crippen LogP contribution is -2.07. The van der Waals surface area contributed by atoms with Crippen molar-refractivity contribution in [3.8, 4) is 56.9 Å². The number of hydrogen-bond acceptors (Lipinski definition) is 2. The molecule has 10 rings (SSSR count). The molecule has 0 unspecified atom stereocenters. The standard InChI is InChI=1S/C53H33F3N4/c1-32-11-15-34(16-12-32)36-19-22-44-42-7-3-5-9-47(42)59(49(44)26-36)51-28-38(41-24-21-40(53(54,55)56)25-39(41)30-57)29-52(46(51)31-58)60-48-10-6-4-8-43(48)45-23-20-37(27-50(45)60)35-17-13-33(2)14-18-35/h3-29H,1-2H3. The zero-order chi connectivity index (χ0) is 41.3. The van der Waals surface area contributed by atoms with Gasteiger partial charge in [-0.1, -0.05) is 126 Å². The summed E-state index contributed by atoms with van der Waals surface area (Å²) in [5.41, 5.74) is 10.9. The highest BCUT2D eigenvalue weighted by Crippen LogP contribution is 2.43. The summed E-state index contributed by atoms with van der Waals surface area (Å²) in [5.74, 6) is 0. The Balaban J connectivity index is 1.34. The molecule has 0 bridgehead atoms. The lowest BCUT2D eigenvalue weighted by molar-refractivity contribution is -0.137. The van der Waals surface area contributed by atoms with E-state index >= 15 is 0 Å². The third-order valence-corrected chi connectivity index (χ3v) is 11.6. The summed E-state index contributed by atoms with van der Waals surface area (Å²) in [4.78, 5) is 0. The molecule has 2 aromatic heterocycles. The van der Waals surface area contributed by atoms with Crippen LogP contribution in [-0.4, -0.2) is 9.13 Å². The molecule has 0 N–H and O–H groups in total. The van der Waals surface area contributed by atoms with Crippen LogP contribution in [0.4, 0.5) is 13.2 Å². The van der Waals surface area contributed by atoms with E-state index in [9.17, 15) is 23.7 Å². The summed E-state index contributed by atoms with van der Waals surface area (Å²) in [7, 11) is 0. The molecule has 60 heavy (non-hydrogen) atoms. The second-order valence-electron chi connectivity index (χ2n) is 15.3. The Morgan fingerprint density at radius 2 is 0.883 bits per heavy atom. The summed E-state index contributed by atoms with van der Waals surface area (Å²) in [5, 5.41) is 25.7. The van der Waals surface area contributed by atoms with E-state index in [2.05, 4.69) is 112 Å². The first-order valence-corrected chi connectivity index (χ1v) is 19.5. The lowest BCUT2D eigenvalue weighted by Gasteiger charge is -2.19. The number of benzene rings is 8. The number of aryl methyl sites for hydroxylation is 2. The summed E-state index contributed by atoms with van der Waals surface area (Å²) in [6.07, 6.45) is -4.64. The maximum Gasteiger partial charge on any atom is 0.416 e. The van der Waals surface area contributed by atoms with E-state index in [1.54, 1.807) is 0 Å². The predicted molar refractivity (Wildman–Crippen MR) is 235 cm³/mol. The van der Waals surface area contributed by atoms with Crippen molar-refractivity contribution in [3.63, 3.8) is 0 Å². The zero-order valence-corrected chi connectivity index (χ0v) is 32.5. The van der Waals surface area contributed by atoms with Gasteiger partial charge < -0.3 is 9.13 Å². The Morgan fingerprint density at radius 3 is 1.33 bits per heavy atom. The maximum atomic E-state index is 14.0. The van der Waals surface area contributed by atoms with Gasteiger partial charge in [0.05, 0.1) is 50.6 Å². The fourth-order valence-corrected chi connectivity index (χ4v) is 8.61. The largest absolute Gasteiger partial charge is 0.416 e. The molecular weight excluding hydrogens is 750 g/mol. The average molecular weight is 783 g/mol. The molecule has 0 fully saturated rings. The van der Waals surface area contributed by atoms with Gasteiger partial charge in [0.1, 0.15) is 11.6 Å². The molecule has 0 saturated carbocycles.